The van der Waals surface area contributed by atoms with Gasteiger partial charge in [-0.2, -0.15) is 0 Å². The summed E-state index contributed by atoms with van der Waals surface area (Å²) < 4.78 is 0. The second kappa shape index (κ2) is 3.59. The van der Waals surface area contributed by atoms with Gasteiger partial charge in [-0.3, -0.25) is 4.99 Å². The lowest BCUT2D eigenvalue weighted by molar-refractivity contribution is -0.106. The number of carbonyl (C=O) groups is 1. The minimum absolute atomic E-state index is 0.403. The van der Waals surface area contributed by atoms with Crippen molar-refractivity contribution in [2.75, 3.05) is 6.54 Å². The van der Waals surface area contributed by atoms with Gasteiger partial charge in [0.15, 0.2) is 0 Å². The minimum Gasteiger partial charge on any atom is -0.353 e. The van der Waals surface area contributed by atoms with Gasteiger partial charge in [0, 0.05) is 23.9 Å². The molecule has 2 heterocycles. The van der Waals surface area contributed by atoms with E-state index in [9.17, 15) is 4.79 Å². The highest BCUT2D eigenvalue weighted by molar-refractivity contribution is 6.10. The molecule has 2 aromatic rings. The van der Waals surface area contributed by atoms with E-state index in [0.29, 0.717) is 6.42 Å². The minimum atomic E-state index is 0.403. The highest BCUT2D eigenvalue weighted by atomic mass is 16.1. The van der Waals surface area contributed by atoms with Crippen molar-refractivity contribution in [3.8, 4) is 0 Å². The maximum absolute atomic E-state index is 10.6. The van der Waals surface area contributed by atoms with Crippen LogP contribution in [0.1, 0.15) is 17.7 Å². The van der Waals surface area contributed by atoms with Crippen LogP contribution in [-0.2, 0) is 11.2 Å². The molecule has 3 heteroatoms. The van der Waals surface area contributed by atoms with Crippen molar-refractivity contribution in [1.29, 1.82) is 0 Å². The first kappa shape index (κ1) is 9.33. The van der Waals surface area contributed by atoms with Gasteiger partial charge >= 0.3 is 0 Å². The molecule has 3 nitrogen and oxygen atoms in total. The maximum Gasteiger partial charge on any atom is 0.126 e. The first-order valence-corrected chi connectivity index (χ1v) is 5.47. The molecule has 1 N–H and O–H groups in total. The van der Waals surface area contributed by atoms with Crippen LogP contribution < -0.4 is 0 Å². The Kier molecular flexibility index (Phi) is 2.10. The zero-order chi connectivity index (χ0) is 11.0. The molecule has 0 radical (unpaired) electrons. The van der Waals surface area contributed by atoms with Gasteiger partial charge in [-0.15, -0.1) is 0 Å². The van der Waals surface area contributed by atoms with E-state index in [1.54, 1.807) is 0 Å². The van der Waals surface area contributed by atoms with Crippen molar-refractivity contribution >= 4 is 22.9 Å². The molecule has 0 saturated heterocycles. The van der Waals surface area contributed by atoms with Gasteiger partial charge in [0.05, 0.1) is 11.4 Å². The molecule has 0 atom stereocenters. The first-order valence-electron chi connectivity index (χ1n) is 5.47. The Hall–Kier alpha value is -1.90. The lowest BCUT2D eigenvalue weighted by Crippen LogP contribution is -2.12. The van der Waals surface area contributed by atoms with Crippen LogP contribution in [0.25, 0.3) is 10.9 Å². The summed E-state index contributed by atoms with van der Waals surface area (Å²) in [5.41, 5.74) is 4.39. The van der Waals surface area contributed by atoms with Crippen molar-refractivity contribution in [3.05, 3.63) is 35.5 Å². The fraction of sp³-hybridized carbons (Fsp3) is 0.231. The second-order valence-corrected chi connectivity index (χ2v) is 3.97. The highest BCUT2D eigenvalue weighted by Crippen LogP contribution is 2.26. The number of benzene rings is 1. The number of carbonyl (C=O) groups excluding carboxylic acids is 1. The van der Waals surface area contributed by atoms with Gasteiger partial charge in [0.25, 0.3) is 0 Å². The summed E-state index contributed by atoms with van der Waals surface area (Å²) in [6.07, 6.45) is 2.28. The van der Waals surface area contributed by atoms with E-state index in [2.05, 4.69) is 22.1 Å². The second-order valence-electron chi connectivity index (χ2n) is 3.97. The number of H-pyrrole nitrogens is 1. The number of hydrogen-bond donors (Lipinski definition) is 1. The first-order chi connectivity index (χ1) is 7.90. The smallest absolute Gasteiger partial charge is 0.126 e. The van der Waals surface area contributed by atoms with Gasteiger partial charge in [-0.1, -0.05) is 18.2 Å². The molecule has 0 amide bonds. The van der Waals surface area contributed by atoms with Gasteiger partial charge in [-0.05, 0) is 18.1 Å². The molecule has 1 aromatic heterocycles. The normalized spacial score (nSPS) is 14.6. The van der Waals surface area contributed by atoms with Gasteiger partial charge in [0.1, 0.15) is 6.29 Å². The highest BCUT2D eigenvalue weighted by Gasteiger charge is 2.18. The molecular weight excluding hydrogens is 200 g/mol. The van der Waals surface area contributed by atoms with E-state index in [4.69, 9.17) is 0 Å². The van der Waals surface area contributed by atoms with Crippen LogP contribution in [0.4, 0.5) is 0 Å². The Morgan fingerprint density at radius 1 is 1.38 bits per heavy atom. The van der Waals surface area contributed by atoms with Crippen molar-refractivity contribution in [3.63, 3.8) is 0 Å². The van der Waals surface area contributed by atoms with Crippen molar-refractivity contribution in [1.82, 2.24) is 4.98 Å². The van der Waals surface area contributed by atoms with Gasteiger partial charge < -0.3 is 9.78 Å². The number of nitrogens with zero attached hydrogens (tertiary/aromatic N) is 1. The molecule has 3 rings (SSSR count). The molecule has 0 aliphatic carbocycles. The number of aromatic amines is 1. The molecule has 80 valence electrons. The third-order valence-corrected chi connectivity index (χ3v) is 3.04. The fourth-order valence-electron chi connectivity index (χ4n) is 2.33. The third kappa shape index (κ3) is 1.28. The number of aldehydes is 1. The van der Waals surface area contributed by atoms with Crippen molar-refractivity contribution in [2.24, 2.45) is 4.99 Å². The number of para-hydroxylation sites is 1. The zero-order valence-electron chi connectivity index (χ0n) is 8.86. The van der Waals surface area contributed by atoms with E-state index in [1.165, 1.54) is 10.9 Å². The lowest BCUT2D eigenvalue weighted by atomic mass is 10.0. The molecule has 1 aliphatic heterocycles. The molecule has 0 spiro atoms. The van der Waals surface area contributed by atoms with E-state index in [0.717, 1.165) is 36.2 Å². The molecule has 1 aliphatic rings. The number of aliphatic imine (C=N–C) groups is 1. The number of fused-ring (bicyclic) bond motifs is 3. The summed E-state index contributed by atoms with van der Waals surface area (Å²) >= 11 is 0. The molecule has 0 saturated carbocycles. The quantitative estimate of drug-likeness (QED) is 0.761. The standard InChI is InChI=1S/C13H12N2O/c16-8-6-12-13-10(5-7-14-12)9-3-1-2-4-11(9)15-13/h1-4,8,15H,5-7H2. The number of rotatable bonds is 2. The van der Waals surface area contributed by atoms with Crippen LogP contribution in [0.2, 0.25) is 0 Å². The summed E-state index contributed by atoms with van der Waals surface area (Å²) in [5.74, 6) is 0. The van der Waals surface area contributed by atoms with E-state index >= 15 is 0 Å². The average molecular weight is 212 g/mol. The SMILES string of the molecule is O=CCC1=NCCc2c1[nH]c1ccccc21. The average Bonchev–Trinajstić information content (AvgIpc) is 2.69. The fourth-order valence-corrected chi connectivity index (χ4v) is 2.33. The molecule has 16 heavy (non-hydrogen) atoms. The van der Waals surface area contributed by atoms with Crippen LogP contribution in [0, 0.1) is 0 Å². The lowest BCUT2D eigenvalue weighted by Gasteiger charge is -2.10. The largest absolute Gasteiger partial charge is 0.353 e. The Labute approximate surface area is 93.2 Å². The van der Waals surface area contributed by atoms with Crippen LogP contribution in [-0.4, -0.2) is 23.5 Å². The van der Waals surface area contributed by atoms with Crippen LogP contribution in [0.5, 0.6) is 0 Å². The monoisotopic (exact) mass is 212 g/mol. The topological polar surface area (TPSA) is 45.2 Å². The van der Waals surface area contributed by atoms with E-state index < -0.39 is 0 Å². The van der Waals surface area contributed by atoms with E-state index in [1.807, 2.05) is 12.1 Å². The van der Waals surface area contributed by atoms with Crippen LogP contribution in [0.3, 0.4) is 0 Å². The molecular formula is C13H12N2O. The van der Waals surface area contributed by atoms with Crippen LogP contribution >= 0.6 is 0 Å². The van der Waals surface area contributed by atoms with Gasteiger partial charge in [0.2, 0.25) is 0 Å². The number of aromatic nitrogens is 1. The Morgan fingerprint density at radius 3 is 3.12 bits per heavy atom. The van der Waals surface area contributed by atoms with E-state index in [-0.39, 0.29) is 0 Å². The summed E-state index contributed by atoms with van der Waals surface area (Å²) in [7, 11) is 0. The number of hydrogen-bond acceptors (Lipinski definition) is 2. The van der Waals surface area contributed by atoms with Crippen molar-refractivity contribution < 1.29 is 4.79 Å². The summed E-state index contributed by atoms with van der Waals surface area (Å²) in [6, 6.07) is 8.24. The summed E-state index contributed by atoms with van der Waals surface area (Å²) in [4.78, 5) is 18.4. The molecule has 1 aromatic carbocycles. The van der Waals surface area contributed by atoms with Gasteiger partial charge in [-0.25, -0.2) is 0 Å². The third-order valence-electron chi connectivity index (χ3n) is 3.04. The Morgan fingerprint density at radius 2 is 2.25 bits per heavy atom. The zero-order valence-corrected chi connectivity index (χ0v) is 8.86. The van der Waals surface area contributed by atoms with Crippen molar-refractivity contribution in [2.45, 2.75) is 12.8 Å². The Bertz CT molecular complexity index is 581. The predicted molar refractivity (Wildman–Crippen MR) is 64.1 cm³/mol. The molecule has 0 bridgehead atoms. The maximum atomic E-state index is 10.6. The number of nitrogens with one attached hydrogen (secondary N) is 1. The molecule has 0 unspecified atom stereocenters. The molecule has 0 fully saturated rings. The predicted octanol–water partition coefficient (Wildman–Crippen LogP) is 2.10. The Balaban J connectivity index is 2.23. The summed E-state index contributed by atoms with van der Waals surface area (Å²) in [6.45, 7) is 0.790. The summed E-state index contributed by atoms with van der Waals surface area (Å²) in [5, 5.41) is 1.26. The van der Waals surface area contributed by atoms with Crippen LogP contribution in [0.15, 0.2) is 29.3 Å².